The molecule has 0 heterocycles. The van der Waals surface area contributed by atoms with Gasteiger partial charge in [0.25, 0.3) is 0 Å². The number of nitrogens with one attached hydrogen (secondary N) is 2. The van der Waals surface area contributed by atoms with E-state index in [1.807, 2.05) is 0 Å². The Morgan fingerprint density at radius 1 is 1.47 bits per heavy atom. The summed E-state index contributed by atoms with van der Waals surface area (Å²) in [5.41, 5.74) is 0.712. The Hall–Kier alpha value is -1.13. The fourth-order valence-electron chi connectivity index (χ4n) is 1.12. The van der Waals surface area contributed by atoms with E-state index in [1.54, 1.807) is 13.1 Å². The molecule has 0 aromatic heterocycles. The van der Waals surface area contributed by atoms with Crippen LogP contribution in [0.4, 0.5) is 4.39 Å². The van der Waals surface area contributed by atoms with E-state index in [0.717, 1.165) is 0 Å². The van der Waals surface area contributed by atoms with E-state index in [0.29, 0.717) is 17.1 Å². The standard InChI is InChI=1S/C10H12ClFN2O/c1-13-10(15)6-14-5-7-2-8(11)4-9(12)3-7/h2-4,14H,5-6H2,1H3,(H,13,15). The summed E-state index contributed by atoms with van der Waals surface area (Å²) in [5.74, 6) is -0.489. The molecule has 1 amide bonds. The number of hydrogen-bond donors (Lipinski definition) is 2. The topological polar surface area (TPSA) is 41.1 Å². The maximum atomic E-state index is 12.9. The van der Waals surface area contributed by atoms with Crippen LogP contribution in [-0.4, -0.2) is 19.5 Å². The third-order valence-electron chi connectivity index (χ3n) is 1.82. The van der Waals surface area contributed by atoms with Gasteiger partial charge in [0, 0.05) is 18.6 Å². The Morgan fingerprint density at radius 3 is 2.80 bits per heavy atom. The lowest BCUT2D eigenvalue weighted by Crippen LogP contribution is -2.30. The van der Waals surface area contributed by atoms with Gasteiger partial charge in [-0.05, 0) is 23.8 Å². The van der Waals surface area contributed by atoms with E-state index in [9.17, 15) is 9.18 Å². The average molecular weight is 231 g/mol. The number of carbonyl (C=O) groups is 1. The summed E-state index contributed by atoms with van der Waals surface area (Å²) in [6, 6.07) is 4.27. The monoisotopic (exact) mass is 230 g/mol. The van der Waals surface area contributed by atoms with Crippen molar-refractivity contribution in [3.05, 3.63) is 34.6 Å². The van der Waals surface area contributed by atoms with Crippen molar-refractivity contribution in [2.75, 3.05) is 13.6 Å². The van der Waals surface area contributed by atoms with E-state index >= 15 is 0 Å². The van der Waals surface area contributed by atoms with Crippen molar-refractivity contribution >= 4 is 17.5 Å². The Balaban J connectivity index is 2.47. The first-order valence-electron chi connectivity index (χ1n) is 4.48. The van der Waals surface area contributed by atoms with Gasteiger partial charge in [-0.3, -0.25) is 4.79 Å². The fraction of sp³-hybridized carbons (Fsp3) is 0.300. The summed E-state index contributed by atoms with van der Waals surface area (Å²) in [6.45, 7) is 0.607. The SMILES string of the molecule is CNC(=O)CNCc1cc(F)cc(Cl)c1. The number of carbonyl (C=O) groups excluding carboxylic acids is 1. The average Bonchev–Trinajstić information content (AvgIpc) is 2.16. The summed E-state index contributed by atoms with van der Waals surface area (Å²) in [6.07, 6.45) is 0. The molecule has 1 rings (SSSR count). The Labute approximate surface area is 92.6 Å². The number of halogens is 2. The first kappa shape index (κ1) is 11.9. The molecule has 0 aliphatic carbocycles. The highest BCUT2D eigenvalue weighted by atomic mass is 35.5. The number of benzene rings is 1. The molecule has 0 radical (unpaired) electrons. The summed E-state index contributed by atoms with van der Waals surface area (Å²) in [4.78, 5) is 10.9. The zero-order chi connectivity index (χ0) is 11.3. The van der Waals surface area contributed by atoms with Crippen molar-refractivity contribution < 1.29 is 9.18 Å². The van der Waals surface area contributed by atoms with Crippen molar-refractivity contribution in [1.82, 2.24) is 10.6 Å². The van der Waals surface area contributed by atoms with Gasteiger partial charge in [0.1, 0.15) is 5.82 Å². The van der Waals surface area contributed by atoms with Gasteiger partial charge in [-0.1, -0.05) is 11.6 Å². The smallest absolute Gasteiger partial charge is 0.233 e. The van der Waals surface area contributed by atoms with Crippen LogP contribution in [0.15, 0.2) is 18.2 Å². The van der Waals surface area contributed by atoms with E-state index in [2.05, 4.69) is 10.6 Å². The lowest BCUT2D eigenvalue weighted by Gasteiger charge is -2.04. The van der Waals surface area contributed by atoms with Crippen LogP contribution in [0, 0.1) is 5.82 Å². The molecule has 0 spiro atoms. The van der Waals surface area contributed by atoms with Crippen molar-refractivity contribution in [3.8, 4) is 0 Å². The van der Waals surface area contributed by atoms with Gasteiger partial charge in [-0.25, -0.2) is 4.39 Å². The highest BCUT2D eigenvalue weighted by molar-refractivity contribution is 6.30. The van der Waals surface area contributed by atoms with Crippen molar-refractivity contribution in [3.63, 3.8) is 0 Å². The number of likely N-dealkylation sites (N-methyl/N-ethyl adjacent to an activating group) is 1. The third kappa shape index (κ3) is 4.27. The zero-order valence-electron chi connectivity index (χ0n) is 8.31. The molecule has 2 N–H and O–H groups in total. The van der Waals surface area contributed by atoms with Crippen molar-refractivity contribution in [2.24, 2.45) is 0 Å². The van der Waals surface area contributed by atoms with Crippen LogP contribution in [0.25, 0.3) is 0 Å². The van der Waals surface area contributed by atoms with Crippen molar-refractivity contribution in [2.45, 2.75) is 6.54 Å². The van der Waals surface area contributed by atoms with Gasteiger partial charge >= 0.3 is 0 Å². The normalized spacial score (nSPS) is 10.1. The molecule has 0 unspecified atom stereocenters. The first-order chi connectivity index (χ1) is 7.11. The number of hydrogen-bond acceptors (Lipinski definition) is 2. The minimum absolute atomic E-state index is 0.113. The molecule has 0 saturated heterocycles. The van der Waals surface area contributed by atoms with Gasteiger partial charge < -0.3 is 10.6 Å². The van der Waals surface area contributed by atoms with Gasteiger partial charge in [-0.15, -0.1) is 0 Å². The molecule has 3 nitrogen and oxygen atoms in total. The molecule has 0 bridgehead atoms. The van der Waals surface area contributed by atoms with Crippen LogP contribution in [0.5, 0.6) is 0 Å². The molecular formula is C10H12ClFN2O. The molecular weight excluding hydrogens is 219 g/mol. The second-order valence-electron chi connectivity index (χ2n) is 3.05. The van der Waals surface area contributed by atoms with Crippen LogP contribution in [0.2, 0.25) is 5.02 Å². The van der Waals surface area contributed by atoms with Crippen molar-refractivity contribution in [1.29, 1.82) is 0 Å². The van der Waals surface area contributed by atoms with E-state index < -0.39 is 0 Å². The maximum absolute atomic E-state index is 12.9. The predicted octanol–water partition coefficient (Wildman–Crippen LogP) is 1.31. The minimum atomic E-state index is -0.376. The molecule has 15 heavy (non-hydrogen) atoms. The van der Waals surface area contributed by atoms with Crippen LogP contribution >= 0.6 is 11.6 Å². The minimum Gasteiger partial charge on any atom is -0.358 e. The number of rotatable bonds is 4. The van der Waals surface area contributed by atoms with E-state index in [-0.39, 0.29) is 18.3 Å². The fourth-order valence-corrected chi connectivity index (χ4v) is 1.37. The van der Waals surface area contributed by atoms with Crippen LogP contribution in [0.3, 0.4) is 0 Å². The lowest BCUT2D eigenvalue weighted by molar-refractivity contribution is -0.119. The molecule has 5 heteroatoms. The summed E-state index contributed by atoms with van der Waals surface area (Å²) in [7, 11) is 1.56. The first-order valence-corrected chi connectivity index (χ1v) is 4.86. The molecule has 0 saturated carbocycles. The summed E-state index contributed by atoms with van der Waals surface area (Å²) >= 11 is 5.67. The summed E-state index contributed by atoms with van der Waals surface area (Å²) < 4.78 is 12.9. The Bertz CT molecular complexity index is 337. The molecule has 0 aliphatic rings. The Kier molecular flexibility index (Phi) is 4.52. The highest BCUT2D eigenvalue weighted by Gasteiger charge is 2.00. The second kappa shape index (κ2) is 5.68. The van der Waals surface area contributed by atoms with E-state index in [4.69, 9.17) is 11.6 Å². The summed E-state index contributed by atoms with van der Waals surface area (Å²) in [5, 5.41) is 5.70. The molecule has 1 aromatic carbocycles. The molecule has 1 aromatic rings. The van der Waals surface area contributed by atoms with Gasteiger partial charge in [0.05, 0.1) is 6.54 Å². The zero-order valence-corrected chi connectivity index (χ0v) is 9.07. The van der Waals surface area contributed by atoms with Crippen LogP contribution in [-0.2, 0) is 11.3 Å². The highest BCUT2D eigenvalue weighted by Crippen LogP contribution is 2.13. The largest absolute Gasteiger partial charge is 0.358 e. The van der Waals surface area contributed by atoms with Gasteiger partial charge in [0.15, 0.2) is 0 Å². The van der Waals surface area contributed by atoms with Gasteiger partial charge in [0.2, 0.25) is 5.91 Å². The molecule has 0 aliphatic heterocycles. The molecule has 0 atom stereocenters. The predicted molar refractivity (Wildman–Crippen MR) is 57.2 cm³/mol. The molecule has 82 valence electrons. The Morgan fingerprint density at radius 2 is 2.20 bits per heavy atom. The van der Waals surface area contributed by atoms with Gasteiger partial charge in [-0.2, -0.15) is 0 Å². The molecule has 0 fully saturated rings. The van der Waals surface area contributed by atoms with E-state index in [1.165, 1.54) is 12.1 Å². The van der Waals surface area contributed by atoms with Crippen LogP contribution in [0.1, 0.15) is 5.56 Å². The third-order valence-corrected chi connectivity index (χ3v) is 2.03. The number of amides is 1. The maximum Gasteiger partial charge on any atom is 0.233 e. The quantitative estimate of drug-likeness (QED) is 0.819. The lowest BCUT2D eigenvalue weighted by atomic mass is 10.2. The second-order valence-corrected chi connectivity index (χ2v) is 3.49. The van der Waals surface area contributed by atoms with Crippen LogP contribution < -0.4 is 10.6 Å².